The summed E-state index contributed by atoms with van der Waals surface area (Å²) in [6.45, 7) is 2.11. The Morgan fingerprint density at radius 2 is 1.91 bits per heavy atom. The summed E-state index contributed by atoms with van der Waals surface area (Å²) in [7, 11) is 2.13. The normalized spacial score (nSPS) is 16.6. The number of allylic oxidation sites excluding steroid dienone is 1. The molecule has 5 rings (SSSR count). The molecule has 10 heteroatoms. The summed E-state index contributed by atoms with van der Waals surface area (Å²) in [6, 6.07) is 14.9. The van der Waals surface area contributed by atoms with Crippen molar-refractivity contribution >= 4 is 28.7 Å². The van der Waals surface area contributed by atoms with Crippen LogP contribution in [0.25, 0.3) is 0 Å². The highest BCUT2D eigenvalue weighted by Crippen LogP contribution is 2.23. The van der Waals surface area contributed by atoms with Gasteiger partial charge in [0.25, 0.3) is 5.91 Å². The van der Waals surface area contributed by atoms with E-state index in [1.54, 1.807) is 35.6 Å². The third-order valence-electron chi connectivity index (χ3n) is 6.40. The van der Waals surface area contributed by atoms with Gasteiger partial charge in [-0.2, -0.15) is 5.10 Å². The molecule has 2 aliphatic heterocycles. The number of likely N-dealkylation sites (tertiary alicyclic amines) is 1. The molecule has 0 aliphatic carbocycles. The number of rotatable bonds is 6. The summed E-state index contributed by atoms with van der Waals surface area (Å²) in [5, 5.41) is 17.6. The van der Waals surface area contributed by atoms with Gasteiger partial charge in [0.05, 0.1) is 41.2 Å². The number of amides is 1. The summed E-state index contributed by atoms with van der Waals surface area (Å²) in [5.74, 6) is -0.190. The van der Waals surface area contributed by atoms with Crippen molar-refractivity contribution in [1.29, 1.82) is 5.41 Å². The molecule has 0 atom stereocenters. The molecule has 3 heterocycles. The summed E-state index contributed by atoms with van der Waals surface area (Å²) in [4.78, 5) is 15.1. The molecule has 1 amide bonds. The molecule has 184 valence electrons. The predicted molar refractivity (Wildman–Crippen MR) is 141 cm³/mol. The van der Waals surface area contributed by atoms with Gasteiger partial charge >= 0.3 is 0 Å². The number of carbonyl (C=O) groups is 1. The largest absolute Gasteiger partial charge is 0.398 e. The standard InChI is InChI=1S/C25H29N9O.2H2/c1-32-12-10-20(11-13-32)33-15-18(14-28-33)29-25(35)17-6-8-19(9-7-17)34-16-23(30-31-34)24(27)21-4-2-3-5-22(21)26;;/h2-9,14-16,20,27,30-31H,10-13,26H2,1H3,(H,29,35);2*1H. The highest BCUT2D eigenvalue weighted by atomic mass is 16.1. The van der Waals surface area contributed by atoms with Gasteiger partial charge in [0.2, 0.25) is 0 Å². The molecule has 0 unspecified atom stereocenters. The Morgan fingerprint density at radius 1 is 1.17 bits per heavy atom. The minimum Gasteiger partial charge on any atom is -0.398 e. The maximum absolute atomic E-state index is 12.8. The maximum Gasteiger partial charge on any atom is 0.255 e. The molecular weight excluding hydrogens is 442 g/mol. The topological polar surface area (TPSA) is 127 Å². The van der Waals surface area contributed by atoms with Gasteiger partial charge in [-0.15, -0.1) is 5.53 Å². The van der Waals surface area contributed by atoms with Crippen LogP contribution in [0, 0.1) is 5.41 Å². The van der Waals surface area contributed by atoms with Gasteiger partial charge in [-0.25, -0.2) is 0 Å². The highest BCUT2D eigenvalue weighted by molar-refractivity contribution is 6.13. The Labute approximate surface area is 206 Å². The van der Waals surface area contributed by atoms with E-state index in [-0.39, 0.29) is 14.5 Å². The number of aromatic nitrogens is 2. The molecule has 0 radical (unpaired) electrons. The van der Waals surface area contributed by atoms with Gasteiger partial charge in [0, 0.05) is 25.9 Å². The second kappa shape index (κ2) is 9.61. The van der Waals surface area contributed by atoms with Gasteiger partial charge in [-0.05, 0) is 63.3 Å². The first-order valence-corrected chi connectivity index (χ1v) is 11.6. The average molecular weight is 476 g/mol. The SMILES string of the molecule is CN1CCC(n2cc(NC(=O)c3ccc(N4C=C(C(=N)c5ccccc5N)NN4)cc3)cn2)CC1.[HH].[HH]. The molecule has 1 saturated heterocycles. The van der Waals surface area contributed by atoms with E-state index < -0.39 is 0 Å². The quantitative estimate of drug-likeness (QED) is 0.274. The molecule has 0 saturated carbocycles. The van der Waals surface area contributed by atoms with Gasteiger partial charge < -0.3 is 16.0 Å². The zero-order valence-electron chi connectivity index (χ0n) is 19.5. The second-order valence-electron chi connectivity index (χ2n) is 8.86. The van der Waals surface area contributed by atoms with Crippen LogP contribution in [-0.2, 0) is 0 Å². The van der Waals surface area contributed by atoms with Crippen molar-refractivity contribution in [2.45, 2.75) is 18.9 Å². The first kappa shape index (κ1) is 22.6. The highest BCUT2D eigenvalue weighted by Gasteiger charge is 2.21. The van der Waals surface area contributed by atoms with E-state index in [0.29, 0.717) is 34.2 Å². The fraction of sp³-hybridized carbons (Fsp3) is 0.240. The van der Waals surface area contributed by atoms with Crippen molar-refractivity contribution in [3.05, 3.63) is 83.9 Å². The maximum atomic E-state index is 12.8. The van der Waals surface area contributed by atoms with E-state index in [4.69, 9.17) is 11.1 Å². The van der Waals surface area contributed by atoms with Crippen molar-refractivity contribution in [1.82, 2.24) is 25.6 Å². The smallest absolute Gasteiger partial charge is 0.255 e. The molecule has 35 heavy (non-hydrogen) atoms. The fourth-order valence-electron chi connectivity index (χ4n) is 4.29. The van der Waals surface area contributed by atoms with Gasteiger partial charge in [0.15, 0.2) is 0 Å². The predicted octanol–water partition coefficient (Wildman–Crippen LogP) is 3.21. The monoisotopic (exact) mass is 475 g/mol. The minimum absolute atomic E-state index is 0. The molecule has 1 aromatic heterocycles. The van der Waals surface area contributed by atoms with E-state index in [0.717, 1.165) is 31.6 Å². The van der Waals surface area contributed by atoms with Crippen LogP contribution in [0.1, 0.15) is 37.7 Å². The number of anilines is 3. The van der Waals surface area contributed by atoms with E-state index in [1.807, 2.05) is 41.2 Å². The number of hydrogen-bond donors (Lipinski definition) is 5. The van der Waals surface area contributed by atoms with E-state index >= 15 is 0 Å². The number of hydrazine groups is 2. The number of nitrogens with two attached hydrogens (primary N) is 1. The van der Waals surface area contributed by atoms with Crippen molar-refractivity contribution in [3.8, 4) is 0 Å². The first-order valence-electron chi connectivity index (χ1n) is 11.6. The fourth-order valence-corrected chi connectivity index (χ4v) is 4.29. The summed E-state index contributed by atoms with van der Waals surface area (Å²) < 4.78 is 1.96. The Hall–Kier alpha value is -4.15. The lowest BCUT2D eigenvalue weighted by Crippen LogP contribution is -2.37. The molecule has 1 fully saturated rings. The first-order chi connectivity index (χ1) is 17.0. The lowest BCUT2D eigenvalue weighted by molar-refractivity contribution is 0.102. The third kappa shape index (κ3) is 4.88. The van der Waals surface area contributed by atoms with Crippen LogP contribution in [0.5, 0.6) is 0 Å². The van der Waals surface area contributed by atoms with Crippen molar-refractivity contribution in [2.24, 2.45) is 0 Å². The van der Waals surface area contributed by atoms with Gasteiger partial charge in [0.1, 0.15) is 0 Å². The summed E-state index contributed by atoms with van der Waals surface area (Å²) >= 11 is 0. The number of nitrogen functional groups attached to an aromatic ring is 1. The number of para-hydroxylation sites is 1. The third-order valence-corrected chi connectivity index (χ3v) is 6.40. The van der Waals surface area contributed by atoms with Crippen LogP contribution in [0.3, 0.4) is 0 Å². The lowest BCUT2D eigenvalue weighted by atomic mass is 10.1. The Bertz CT molecular complexity index is 1270. The second-order valence-corrected chi connectivity index (χ2v) is 8.86. The Kier molecular flexibility index (Phi) is 6.21. The van der Waals surface area contributed by atoms with Gasteiger partial charge in [-0.3, -0.25) is 25.3 Å². The number of piperidine rings is 1. The Balaban J connectivity index is 0.00000190. The molecule has 0 spiro atoms. The van der Waals surface area contributed by atoms with Crippen LogP contribution in [0.4, 0.5) is 17.1 Å². The van der Waals surface area contributed by atoms with Crippen LogP contribution < -0.4 is 27.0 Å². The number of nitrogens with one attached hydrogen (secondary N) is 4. The zero-order chi connectivity index (χ0) is 24.4. The molecule has 6 N–H and O–H groups in total. The summed E-state index contributed by atoms with van der Waals surface area (Å²) in [5.41, 5.74) is 16.1. The van der Waals surface area contributed by atoms with E-state index in [2.05, 4.69) is 33.3 Å². The van der Waals surface area contributed by atoms with Crippen molar-refractivity contribution in [3.63, 3.8) is 0 Å². The lowest BCUT2D eigenvalue weighted by Gasteiger charge is -2.28. The summed E-state index contributed by atoms with van der Waals surface area (Å²) in [6.07, 6.45) is 7.50. The number of benzene rings is 2. The molecule has 3 aromatic rings. The van der Waals surface area contributed by atoms with Crippen LogP contribution in [0.2, 0.25) is 0 Å². The average Bonchev–Trinajstić information content (AvgIpc) is 3.55. The molecular formula is C25H33N9O. The molecule has 10 nitrogen and oxygen atoms in total. The number of hydrogen-bond acceptors (Lipinski definition) is 8. The molecule has 2 aliphatic rings. The van der Waals surface area contributed by atoms with Gasteiger partial charge in [-0.1, -0.05) is 18.2 Å². The van der Waals surface area contributed by atoms with E-state index in [9.17, 15) is 4.79 Å². The van der Waals surface area contributed by atoms with Crippen LogP contribution in [-0.4, -0.2) is 46.4 Å². The molecule has 0 bridgehead atoms. The molecule has 2 aromatic carbocycles. The Morgan fingerprint density at radius 3 is 2.66 bits per heavy atom. The number of nitrogens with zero attached hydrogens (tertiary/aromatic N) is 4. The van der Waals surface area contributed by atoms with Crippen molar-refractivity contribution in [2.75, 3.05) is 36.2 Å². The van der Waals surface area contributed by atoms with Crippen LogP contribution >= 0.6 is 0 Å². The number of carbonyl (C=O) groups excluding carboxylic acids is 1. The zero-order valence-corrected chi connectivity index (χ0v) is 19.5. The van der Waals surface area contributed by atoms with Crippen LogP contribution in [0.15, 0.2) is 72.8 Å². The van der Waals surface area contributed by atoms with Crippen molar-refractivity contribution < 1.29 is 7.65 Å². The van der Waals surface area contributed by atoms with E-state index in [1.165, 1.54) is 0 Å². The minimum atomic E-state index is -0.190.